The highest BCUT2D eigenvalue weighted by molar-refractivity contribution is 5.80. The molecule has 7 nitrogen and oxygen atoms in total. The fraction of sp³-hybridized carbons (Fsp3) is 0.394. The number of piperazine rings is 1. The van der Waals surface area contributed by atoms with Gasteiger partial charge in [0.05, 0.1) is 11.0 Å². The fourth-order valence-electron chi connectivity index (χ4n) is 5.96. The molecule has 1 atom stereocenters. The molecule has 0 saturated carbocycles. The number of carboxylic acids is 1. The molecular formula is C33H38F3N5O2. The van der Waals surface area contributed by atoms with Gasteiger partial charge in [0.15, 0.2) is 0 Å². The van der Waals surface area contributed by atoms with Crippen molar-refractivity contribution >= 4 is 17.0 Å². The van der Waals surface area contributed by atoms with Gasteiger partial charge in [0.25, 0.3) is 0 Å². The number of H-pyrrole nitrogens is 1. The number of carboxylic acid groups (broad SMARTS) is 1. The maximum atomic E-state index is 10.6. The molecule has 1 aromatic heterocycles. The second-order valence-electron chi connectivity index (χ2n) is 11.5. The molecule has 2 aliphatic heterocycles. The number of para-hydroxylation sites is 2. The van der Waals surface area contributed by atoms with Crippen molar-refractivity contribution in [2.24, 2.45) is 5.92 Å². The van der Waals surface area contributed by atoms with Gasteiger partial charge in [-0.05, 0) is 73.3 Å². The van der Waals surface area contributed by atoms with E-state index in [1.807, 2.05) is 12.1 Å². The van der Waals surface area contributed by atoms with Crippen LogP contribution in [-0.2, 0) is 11.3 Å². The number of carbonyl (C=O) groups is 1. The van der Waals surface area contributed by atoms with Crippen LogP contribution in [0.5, 0.6) is 0 Å². The van der Waals surface area contributed by atoms with Crippen LogP contribution < -0.4 is 0 Å². The Kier molecular flexibility index (Phi) is 9.79. The SMILES string of the molecule is CN1CCCC(CN2CCN(Cc3cccc(-c4cccc(-c5nc6ccccc6[nH]5)c4)c3)CC2)C1.O=C(O)C(F)(F)F. The first-order valence-electron chi connectivity index (χ1n) is 14.7. The van der Waals surface area contributed by atoms with E-state index in [0.29, 0.717) is 0 Å². The van der Waals surface area contributed by atoms with Crippen LogP contribution in [-0.4, -0.2) is 94.8 Å². The van der Waals surface area contributed by atoms with E-state index in [1.54, 1.807) is 0 Å². The molecule has 6 rings (SSSR count). The number of rotatable bonds is 6. The fourth-order valence-corrected chi connectivity index (χ4v) is 5.96. The maximum Gasteiger partial charge on any atom is 0.490 e. The molecule has 0 amide bonds. The molecule has 0 aliphatic carbocycles. The second kappa shape index (κ2) is 13.7. The van der Waals surface area contributed by atoms with Crippen molar-refractivity contribution < 1.29 is 23.1 Å². The van der Waals surface area contributed by atoms with Crippen molar-refractivity contribution in [3.63, 3.8) is 0 Å². The number of hydrogen-bond acceptors (Lipinski definition) is 5. The number of piperidine rings is 1. The molecule has 43 heavy (non-hydrogen) atoms. The zero-order valence-electron chi connectivity index (χ0n) is 24.4. The van der Waals surface area contributed by atoms with Gasteiger partial charge >= 0.3 is 12.1 Å². The maximum absolute atomic E-state index is 10.6. The lowest BCUT2D eigenvalue weighted by atomic mass is 9.97. The van der Waals surface area contributed by atoms with Crippen molar-refractivity contribution in [1.82, 2.24) is 24.7 Å². The highest BCUT2D eigenvalue weighted by atomic mass is 19.4. The Morgan fingerprint density at radius 1 is 0.907 bits per heavy atom. The van der Waals surface area contributed by atoms with E-state index < -0.39 is 12.1 Å². The van der Waals surface area contributed by atoms with E-state index in [2.05, 4.69) is 87.4 Å². The molecule has 3 heterocycles. The van der Waals surface area contributed by atoms with Gasteiger partial charge in [-0.3, -0.25) is 4.90 Å². The van der Waals surface area contributed by atoms with E-state index in [9.17, 15) is 13.2 Å². The molecule has 4 aromatic rings. The third kappa shape index (κ3) is 8.43. The monoisotopic (exact) mass is 593 g/mol. The normalized spacial score (nSPS) is 18.7. The molecule has 2 fully saturated rings. The van der Waals surface area contributed by atoms with Gasteiger partial charge in [0, 0.05) is 51.4 Å². The summed E-state index contributed by atoms with van der Waals surface area (Å²) < 4.78 is 31.7. The largest absolute Gasteiger partial charge is 0.490 e. The quantitative estimate of drug-likeness (QED) is 0.286. The van der Waals surface area contributed by atoms with Gasteiger partial charge in [-0.25, -0.2) is 9.78 Å². The first-order valence-corrected chi connectivity index (χ1v) is 14.7. The first-order chi connectivity index (χ1) is 20.6. The summed E-state index contributed by atoms with van der Waals surface area (Å²) in [5.41, 5.74) is 7.10. The Hall–Kier alpha value is -3.73. The summed E-state index contributed by atoms with van der Waals surface area (Å²) >= 11 is 0. The van der Waals surface area contributed by atoms with Crippen molar-refractivity contribution in [3.8, 4) is 22.5 Å². The minimum Gasteiger partial charge on any atom is -0.475 e. The van der Waals surface area contributed by atoms with Crippen LogP contribution in [0.1, 0.15) is 18.4 Å². The second-order valence-corrected chi connectivity index (χ2v) is 11.5. The average Bonchev–Trinajstić information content (AvgIpc) is 3.43. The lowest BCUT2D eigenvalue weighted by Gasteiger charge is -2.38. The molecule has 0 radical (unpaired) electrons. The van der Waals surface area contributed by atoms with Crippen LogP contribution >= 0.6 is 0 Å². The number of nitrogens with one attached hydrogen (secondary N) is 1. The van der Waals surface area contributed by atoms with Crippen molar-refractivity contribution in [2.75, 3.05) is 52.9 Å². The smallest absolute Gasteiger partial charge is 0.475 e. The molecule has 2 N–H and O–H groups in total. The van der Waals surface area contributed by atoms with Gasteiger partial charge in [-0.1, -0.05) is 48.5 Å². The topological polar surface area (TPSA) is 75.7 Å². The van der Waals surface area contributed by atoms with Gasteiger partial charge in [0.2, 0.25) is 0 Å². The highest BCUT2D eigenvalue weighted by Crippen LogP contribution is 2.27. The summed E-state index contributed by atoms with van der Waals surface area (Å²) in [4.78, 5) is 25.0. The Morgan fingerprint density at radius 2 is 1.56 bits per heavy atom. The van der Waals surface area contributed by atoms with E-state index in [1.165, 1.54) is 62.3 Å². The lowest BCUT2D eigenvalue weighted by Crippen LogP contribution is -2.48. The third-order valence-corrected chi connectivity index (χ3v) is 8.14. The summed E-state index contributed by atoms with van der Waals surface area (Å²) in [5.74, 6) is -0.984. The van der Waals surface area contributed by atoms with Crippen LogP contribution in [0.4, 0.5) is 13.2 Å². The molecular weight excluding hydrogens is 555 g/mol. The molecule has 2 aliphatic rings. The van der Waals surface area contributed by atoms with Crippen LogP contribution in [0.25, 0.3) is 33.5 Å². The van der Waals surface area contributed by atoms with Crippen LogP contribution in [0.3, 0.4) is 0 Å². The van der Waals surface area contributed by atoms with E-state index in [-0.39, 0.29) is 0 Å². The number of benzene rings is 3. The summed E-state index contributed by atoms with van der Waals surface area (Å²) in [7, 11) is 2.27. The molecule has 0 bridgehead atoms. The van der Waals surface area contributed by atoms with Gasteiger partial charge in [-0.15, -0.1) is 0 Å². The zero-order valence-corrected chi connectivity index (χ0v) is 24.4. The molecule has 228 valence electrons. The molecule has 2 saturated heterocycles. The van der Waals surface area contributed by atoms with Crippen molar-refractivity contribution in [2.45, 2.75) is 25.6 Å². The summed E-state index contributed by atoms with van der Waals surface area (Å²) in [6, 6.07) is 26.0. The van der Waals surface area contributed by atoms with Gasteiger partial charge in [-0.2, -0.15) is 13.2 Å². The Balaban J connectivity index is 0.000000472. The van der Waals surface area contributed by atoms with Crippen LogP contribution in [0.15, 0.2) is 72.8 Å². The van der Waals surface area contributed by atoms with Crippen molar-refractivity contribution in [3.05, 3.63) is 78.4 Å². The highest BCUT2D eigenvalue weighted by Gasteiger charge is 2.38. The Bertz CT molecular complexity index is 1480. The first kappa shape index (κ1) is 30.7. The predicted molar refractivity (Wildman–Crippen MR) is 163 cm³/mol. The Labute approximate surface area is 249 Å². The number of halogens is 3. The van der Waals surface area contributed by atoms with Crippen LogP contribution in [0.2, 0.25) is 0 Å². The number of imidazole rings is 1. The minimum absolute atomic E-state index is 0.849. The molecule has 0 spiro atoms. The molecule has 10 heteroatoms. The summed E-state index contributed by atoms with van der Waals surface area (Å²) in [6.45, 7) is 9.55. The zero-order chi connectivity index (χ0) is 30.4. The number of alkyl halides is 3. The number of aromatic nitrogens is 2. The number of nitrogens with zero attached hydrogens (tertiary/aromatic N) is 4. The predicted octanol–water partition coefficient (Wildman–Crippen LogP) is 5.99. The van der Waals surface area contributed by atoms with Crippen LogP contribution in [0, 0.1) is 5.92 Å². The molecule has 1 unspecified atom stereocenters. The van der Waals surface area contributed by atoms with E-state index >= 15 is 0 Å². The third-order valence-electron chi connectivity index (χ3n) is 8.14. The number of fused-ring (bicyclic) bond motifs is 1. The number of likely N-dealkylation sites (tertiary alicyclic amines) is 1. The number of aromatic amines is 1. The average molecular weight is 594 g/mol. The summed E-state index contributed by atoms with van der Waals surface area (Å²) in [5, 5.41) is 7.12. The summed E-state index contributed by atoms with van der Waals surface area (Å²) in [6.07, 6.45) is -2.33. The van der Waals surface area contributed by atoms with E-state index in [0.717, 1.165) is 48.0 Å². The Morgan fingerprint density at radius 3 is 2.26 bits per heavy atom. The van der Waals surface area contributed by atoms with E-state index in [4.69, 9.17) is 14.9 Å². The lowest BCUT2D eigenvalue weighted by molar-refractivity contribution is -0.192. The van der Waals surface area contributed by atoms with Crippen molar-refractivity contribution in [1.29, 1.82) is 0 Å². The number of hydrogen-bond donors (Lipinski definition) is 2. The minimum atomic E-state index is -5.08. The standard InChI is InChI=1S/C31H37N5.C2HF3O2/c1-34-14-6-8-25(21-34)23-36-17-15-35(16-18-36)22-24-7-4-9-26(19-24)27-10-5-11-28(20-27)31-32-29-12-2-3-13-30(29)33-31;3-2(4,5)1(6)7/h2-5,7,9-13,19-20,25H,6,8,14-18,21-23H2,1H3,(H,32,33);(H,6,7). The molecule has 3 aromatic carbocycles. The van der Waals surface area contributed by atoms with Gasteiger partial charge in [0.1, 0.15) is 5.82 Å². The van der Waals surface area contributed by atoms with Gasteiger partial charge < -0.3 is 19.9 Å². The number of aliphatic carboxylic acids is 1.